The summed E-state index contributed by atoms with van der Waals surface area (Å²) in [5.74, 6) is 0. The quantitative estimate of drug-likeness (QED) is 0.770. The van der Waals surface area contributed by atoms with Crippen LogP contribution in [0.25, 0.3) is 6.08 Å². The highest BCUT2D eigenvalue weighted by atomic mass is 16.6. The minimum Gasteiger partial charge on any atom is -0.365 e. The van der Waals surface area contributed by atoms with E-state index in [-0.39, 0.29) is 5.60 Å². The van der Waals surface area contributed by atoms with Crippen molar-refractivity contribution in [3.63, 3.8) is 0 Å². The summed E-state index contributed by atoms with van der Waals surface area (Å²) in [6.45, 7) is 5.73. The maximum absolute atomic E-state index is 9.54. The molecular formula is C13H18O2. The molecule has 15 heavy (non-hydrogen) atoms. The van der Waals surface area contributed by atoms with E-state index in [0.717, 1.165) is 5.56 Å². The second-order valence-electron chi connectivity index (χ2n) is 4.39. The molecule has 0 saturated carbocycles. The summed E-state index contributed by atoms with van der Waals surface area (Å²) in [6, 6.07) is 9.81. The van der Waals surface area contributed by atoms with Crippen LogP contribution < -0.4 is 0 Å². The Bertz CT molecular complexity index is 309. The van der Waals surface area contributed by atoms with Gasteiger partial charge in [0.2, 0.25) is 0 Å². The summed E-state index contributed by atoms with van der Waals surface area (Å²) >= 11 is 0. The van der Waals surface area contributed by atoms with Crippen molar-refractivity contribution in [3.05, 3.63) is 42.0 Å². The van der Waals surface area contributed by atoms with E-state index in [2.05, 4.69) is 0 Å². The predicted molar refractivity (Wildman–Crippen MR) is 62.3 cm³/mol. The van der Waals surface area contributed by atoms with E-state index < -0.39 is 6.29 Å². The number of benzene rings is 1. The Hall–Kier alpha value is -1.12. The number of rotatable bonds is 3. The lowest BCUT2D eigenvalue weighted by Crippen LogP contribution is -2.25. The Morgan fingerprint density at radius 2 is 1.80 bits per heavy atom. The molecule has 1 unspecified atom stereocenters. The van der Waals surface area contributed by atoms with Gasteiger partial charge in [-0.3, -0.25) is 0 Å². The fraction of sp³-hybridized carbons (Fsp3) is 0.385. The molecule has 0 fully saturated rings. The molecule has 0 spiro atoms. The van der Waals surface area contributed by atoms with Gasteiger partial charge in [0.15, 0.2) is 6.29 Å². The van der Waals surface area contributed by atoms with Crippen LogP contribution in [0.1, 0.15) is 26.3 Å². The zero-order valence-corrected chi connectivity index (χ0v) is 9.47. The SMILES string of the molecule is CC(C)(C)OC(O)/C=C/c1ccccc1. The van der Waals surface area contributed by atoms with Crippen LogP contribution in [-0.2, 0) is 4.74 Å². The van der Waals surface area contributed by atoms with Crippen molar-refractivity contribution in [2.75, 3.05) is 0 Å². The molecule has 0 amide bonds. The molecular weight excluding hydrogens is 188 g/mol. The van der Waals surface area contributed by atoms with Crippen LogP contribution in [0, 0.1) is 0 Å². The zero-order chi connectivity index (χ0) is 11.3. The van der Waals surface area contributed by atoms with Gasteiger partial charge in [-0.05, 0) is 32.4 Å². The zero-order valence-electron chi connectivity index (χ0n) is 9.47. The molecule has 0 saturated heterocycles. The van der Waals surface area contributed by atoms with Crippen molar-refractivity contribution in [1.82, 2.24) is 0 Å². The van der Waals surface area contributed by atoms with E-state index in [1.165, 1.54) is 0 Å². The van der Waals surface area contributed by atoms with Crippen LogP contribution in [0.4, 0.5) is 0 Å². The van der Waals surface area contributed by atoms with Crippen LogP contribution in [0.3, 0.4) is 0 Å². The number of ether oxygens (including phenoxy) is 1. The molecule has 1 N–H and O–H groups in total. The van der Waals surface area contributed by atoms with Crippen molar-refractivity contribution in [2.24, 2.45) is 0 Å². The molecule has 2 nitrogen and oxygen atoms in total. The van der Waals surface area contributed by atoms with Crippen molar-refractivity contribution in [3.8, 4) is 0 Å². The normalized spacial score (nSPS) is 14.4. The summed E-state index contributed by atoms with van der Waals surface area (Å²) < 4.78 is 5.33. The van der Waals surface area contributed by atoms with Crippen LogP contribution in [0.2, 0.25) is 0 Å². The molecule has 0 heterocycles. The molecule has 1 atom stereocenters. The molecule has 0 aliphatic carbocycles. The monoisotopic (exact) mass is 206 g/mol. The Balaban J connectivity index is 2.52. The molecule has 0 aliphatic heterocycles. The van der Waals surface area contributed by atoms with Crippen LogP contribution in [0.5, 0.6) is 0 Å². The molecule has 1 aromatic rings. The Morgan fingerprint density at radius 1 is 1.20 bits per heavy atom. The minimum atomic E-state index is -0.856. The predicted octanol–water partition coefficient (Wildman–Crippen LogP) is 2.83. The third kappa shape index (κ3) is 5.35. The molecule has 0 bridgehead atoms. The van der Waals surface area contributed by atoms with E-state index in [1.54, 1.807) is 6.08 Å². The van der Waals surface area contributed by atoms with E-state index in [1.807, 2.05) is 57.2 Å². The topological polar surface area (TPSA) is 29.5 Å². The van der Waals surface area contributed by atoms with E-state index >= 15 is 0 Å². The van der Waals surface area contributed by atoms with Crippen molar-refractivity contribution in [2.45, 2.75) is 32.7 Å². The standard InChI is InChI=1S/C13H18O2/c1-13(2,3)15-12(14)10-9-11-7-5-4-6-8-11/h4-10,12,14H,1-3H3/b10-9+. The molecule has 0 aliphatic rings. The van der Waals surface area contributed by atoms with Gasteiger partial charge in [-0.1, -0.05) is 36.4 Å². The average molecular weight is 206 g/mol. The van der Waals surface area contributed by atoms with Gasteiger partial charge in [-0.2, -0.15) is 0 Å². The highest BCUT2D eigenvalue weighted by Crippen LogP contribution is 2.11. The van der Waals surface area contributed by atoms with E-state index in [0.29, 0.717) is 0 Å². The number of aliphatic hydroxyl groups excluding tert-OH is 1. The lowest BCUT2D eigenvalue weighted by molar-refractivity contribution is -0.137. The Labute approximate surface area is 91.2 Å². The number of aliphatic hydroxyl groups is 1. The Morgan fingerprint density at radius 3 is 2.33 bits per heavy atom. The van der Waals surface area contributed by atoms with E-state index in [4.69, 9.17) is 4.74 Å². The maximum atomic E-state index is 9.54. The third-order valence-electron chi connectivity index (χ3n) is 1.73. The largest absolute Gasteiger partial charge is 0.365 e. The van der Waals surface area contributed by atoms with Gasteiger partial charge in [0, 0.05) is 0 Å². The molecule has 1 rings (SSSR count). The summed E-state index contributed by atoms with van der Waals surface area (Å²) in [4.78, 5) is 0. The lowest BCUT2D eigenvalue weighted by atomic mass is 10.2. The fourth-order valence-electron chi connectivity index (χ4n) is 1.16. The maximum Gasteiger partial charge on any atom is 0.175 e. The second kappa shape index (κ2) is 5.10. The first-order valence-corrected chi connectivity index (χ1v) is 5.06. The van der Waals surface area contributed by atoms with Gasteiger partial charge in [0.1, 0.15) is 0 Å². The van der Waals surface area contributed by atoms with E-state index in [9.17, 15) is 5.11 Å². The minimum absolute atomic E-state index is 0.333. The molecule has 1 aromatic carbocycles. The van der Waals surface area contributed by atoms with Gasteiger partial charge in [0.25, 0.3) is 0 Å². The van der Waals surface area contributed by atoms with Gasteiger partial charge < -0.3 is 9.84 Å². The number of hydrogen-bond donors (Lipinski definition) is 1. The van der Waals surface area contributed by atoms with Gasteiger partial charge in [0.05, 0.1) is 5.60 Å². The first-order chi connectivity index (χ1) is 6.97. The first-order valence-electron chi connectivity index (χ1n) is 5.06. The average Bonchev–Trinajstić information content (AvgIpc) is 2.14. The van der Waals surface area contributed by atoms with Crippen LogP contribution in [0.15, 0.2) is 36.4 Å². The third-order valence-corrected chi connectivity index (χ3v) is 1.73. The highest BCUT2D eigenvalue weighted by molar-refractivity contribution is 5.48. The number of hydrogen-bond acceptors (Lipinski definition) is 2. The summed E-state index contributed by atoms with van der Waals surface area (Å²) in [5.41, 5.74) is 0.717. The summed E-state index contributed by atoms with van der Waals surface area (Å²) in [6.07, 6.45) is 2.63. The summed E-state index contributed by atoms with van der Waals surface area (Å²) in [7, 11) is 0. The van der Waals surface area contributed by atoms with Crippen molar-refractivity contribution in [1.29, 1.82) is 0 Å². The molecule has 0 aromatic heterocycles. The molecule has 82 valence electrons. The Kier molecular flexibility index (Phi) is 4.06. The molecule has 2 heteroatoms. The van der Waals surface area contributed by atoms with Crippen LogP contribution >= 0.6 is 0 Å². The fourth-order valence-corrected chi connectivity index (χ4v) is 1.16. The summed E-state index contributed by atoms with van der Waals surface area (Å²) in [5, 5.41) is 9.54. The molecule has 0 radical (unpaired) electrons. The van der Waals surface area contributed by atoms with Gasteiger partial charge in [-0.15, -0.1) is 0 Å². The van der Waals surface area contributed by atoms with Crippen molar-refractivity contribution >= 4 is 6.08 Å². The second-order valence-corrected chi connectivity index (χ2v) is 4.39. The van der Waals surface area contributed by atoms with Crippen molar-refractivity contribution < 1.29 is 9.84 Å². The van der Waals surface area contributed by atoms with Gasteiger partial charge >= 0.3 is 0 Å². The lowest BCUT2D eigenvalue weighted by Gasteiger charge is -2.21. The smallest absolute Gasteiger partial charge is 0.175 e. The van der Waals surface area contributed by atoms with Crippen LogP contribution in [-0.4, -0.2) is 17.0 Å². The first kappa shape index (κ1) is 12.0. The highest BCUT2D eigenvalue weighted by Gasteiger charge is 2.13. The van der Waals surface area contributed by atoms with Gasteiger partial charge in [-0.25, -0.2) is 0 Å².